The predicted octanol–water partition coefficient (Wildman–Crippen LogP) is 3.21. The van der Waals surface area contributed by atoms with Crippen LogP contribution in [-0.2, 0) is 10.2 Å². The van der Waals surface area contributed by atoms with E-state index in [1.165, 1.54) is 6.07 Å². The fourth-order valence-electron chi connectivity index (χ4n) is 7.02. The van der Waals surface area contributed by atoms with Crippen molar-refractivity contribution in [3.05, 3.63) is 29.3 Å². The van der Waals surface area contributed by atoms with Crippen LogP contribution in [0.5, 0.6) is 5.75 Å². The Bertz CT molecular complexity index is 1060. The monoisotopic (exact) mass is 495 g/mol. The fraction of sp³-hybridized carbons (Fsp3) is 0.680. The van der Waals surface area contributed by atoms with Gasteiger partial charge in [0.05, 0.1) is 5.60 Å². The van der Waals surface area contributed by atoms with Gasteiger partial charge in [0.2, 0.25) is 0 Å². The molecule has 1 aromatic carbocycles. The van der Waals surface area contributed by atoms with Crippen LogP contribution < -0.4 is 5.32 Å². The average molecular weight is 496 g/mol. The summed E-state index contributed by atoms with van der Waals surface area (Å²) in [5, 5.41) is 24.9. The zero-order valence-electron chi connectivity index (χ0n) is 20.0. The number of halogens is 3. The Morgan fingerprint density at radius 2 is 1.89 bits per heavy atom. The first-order valence-electron chi connectivity index (χ1n) is 12.3. The smallest absolute Gasteiger partial charge is 0.406 e. The molecule has 3 N–H and O–H groups in total. The van der Waals surface area contributed by atoms with E-state index in [-0.39, 0.29) is 31.1 Å². The molecule has 2 heterocycles. The van der Waals surface area contributed by atoms with E-state index in [0.29, 0.717) is 29.3 Å². The Morgan fingerprint density at radius 1 is 1.17 bits per heavy atom. The van der Waals surface area contributed by atoms with Crippen molar-refractivity contribution in [2.75, 3.05) is 19.6 Å². The van der Waals surface area contributed by atoms with Gasteiger partial charge in [-0.3, -0.25) is 15.0 Å². The first-order chi connectivity index (χ1) is 16.3. The predicted molar refractivity (Wildman–Crippen MR) is 121 cm³/mol. The maximum atomic E-state index is 13.5. The summed E-state index contributed by atoms with van der Waals surface area (Å²) in [5.41, 5.74) is -2.82. The Hall–Kier alpha value is -2.33. The number of fused-ring (bicyclic) bond motifs is 1. The second-order valence-corrected chi connectivity index (χ2v) is 11.0. The molecule has 0 bridgehead atoms. The summed E-state index contributed by atoms with van der Waals surface area (Å²) in [4.78, 5) is 28.6. The number of carbonyl (C=O) groups excluding carboxylic acids is 2. The molecule has 7 nitrogen and oxygen atoms in total. The van der Waals surface area contributed by atoms with Crippen LogP contribution >= 0.6 is 0 Å². The lowest BCUT2D eigenvalue weighted by Crippen LogP contribution is -2.74. The number of likely N-dealkylation sites (tertiary alicyclic amines) is 1. The van der Waals surface area contributed by atoms with E-state index in [9.17, 15) is 33.0 Å². The lowest BCUT2D eigenvalue weighted by atomic mass is 9.49. The van der Waals surface area contributed by atoms with Crippen LogP contribution in [0.3, 0.4) is 0 Å². The van der Waals surface area contributed by atoms with Crippen molar-refractivity contribution in [3.8, 4) is 5.75 Å². The van der Waals surface area contributed by atoms with Crippen LogP contribution in [0, 0.1) is 12.8 Å². The van der Waals surface area contributed by atoms with Gasteiger partial charge < -0.3 is 15.1 Å². The molecule has 0 aromatic heterocycles. The van der Waals surface area contributed by atoms with Crippen molar-refractivity contribution >= 4 is 11.9 Å². The minimum atomic E-state index is -4.68. The van der Waals surface area contributed by atoms with Crippen LogP contribution in [0.2, 0.25) is 0 Å². The minimum Gasteiger partial charge on any atom is -0.508 e. The van der Waals surface area contributed by atoms with E-state index in [4.69, 9.17) is 0 Å². The van der Waals surface area contributed by atoms with E-state index < -0.39 is 41.2 Å². The number of aliphatic hydroxyl groups is 1. The van der Waals surface area contributed by atoms with Gasteiger partial charge in [0, 0.05) is 18.0 Å². The van der Waals surface area contributed by atoms with Crippen LogP contribution in [0.1, 0.15) is 56.6 Å². The number of carbonyl (C=O) groups is 2. The van der Waals surface area contributed by atoms with Crippen molar-refractivity contribution in [3.63, 3.8) is 0 Å². The molecule has 4 atom stereocenters. The maximum Gasteiger partial charge on any atom is 0.406 e. The van der Waals surface area contributed by atoms with Gasteiger partial charge in [-0.15, -0.1) is 0 Å². The third-order valence-electron chi connectivity index (χ3n) is 9.08. The first-order valence-corrected chi connectivity index (χ1v) is 12.3. The number of benzene rings is 1. The lowest BCUT2D eigenvalue weighted by Gasteiger charge is -2.63. The van der Waals surface area contributed by atoms with Crippen molar-refractivity contribution in [1.82, 2.24) is 15.1 Å². The molecule has 0 radical (unpaired) electrons. The Morgan fingerprint density at radius 3 is 2.54 bits per heavy atom. The quantitative estimate of drug-likeness (QED) is 0.558. The summed E-state index contributed by atoms with van der Waals surface area (Å²) in [5.74, 6) is -0.181. The largest absolute Gasteiger partial charge is 0.508 e. The van der Waals surface area contributed by atoms with Gasteiger partial charge in [0.15, 0.2) is 0 Å². The number of phenolic OH excluding ortho intramolecular Hbond substituents is 1. The number of imide groups is 1. The molecular weight excluding hydrogens is 463 g/mol. The summed E-state index contributed by atoms with van der Waals surface area (Å²) >= 11 is 0. The Balaban J connectivity index is 1.64. The summed E-state index contributed by atoms with van der Waals surface area (Å²) < 4.78 is 40.5. The van der Waals surface area contributed by atoms with Gasteiger partial charge in [0.25, 0.3) is 5.91 Å². The topological polar surface area (TPSA) is 93.1 Å². The van der Waals surface area contributed by atoms with Gasteiger partial charge in [0.1, 0.15) is 17.8 Å². The standard InChI is InChI=1S/C25H32F3N3O4/c1-15-3-6-18(32)11-19(15)22-9-10-30(12-17-4-5-17)16(2)24(22,35)8-7-23(13-22)20(33)29-21(34)31(23)14-25(26,27)28/h3,6,11,16-17,32,35H,4-5,7-10,12-14H2,1-2H3,(H,29,33,34)/t16-,22-,23+,24-/m1/s1. The molecule has 192 valence electrons. The van der Waals surface area contributed by atoms with Gasteiger partial charge in [-0.1, -0.05) is 6.07 Å². The SMILES string of the molecule is Cc1ccc(O)cc1[C@]12CCN(CC3CC3)[C@H](C)[C@]1(O)CC[C@]1(C2)C(=O)NC(=O)N1CC(F)(F)F. The molecule has 2 saturated carbocycles. The summed E-state index contributed by atoms with van der Waals surface area (Å²) in [7, 11) is 0. The molecule has 3 amide bonds. The Kier molecular flexibility index (Phi) is 5.45. The van der Waals surface area contributed by atoms with Gasteiger partial charge in [-0.25, -0.2) is 4.79 Å². The molecule has 2 aliphatic carbocycles. The second kappa shape index (κ2) is 7.83. The van der Waals surface area contributed by atoms with Crippen molar-refractivity contribution in [2.45, 2.75) is 81.1 Å². The molecule has 5 rings (SSSR count). The molecule has 2 saturated heterocycles. The summed E-state index contributed by atoms with van der Waals surface area (Å²) in [6.07, 6.45) is -2.15. The molecular formula is C25H32F3N3O4. The van der Waals surface area contributed by atoms with Gasteiger partial charge in [-0.05, 0) is 88.1 Å². The molecule has 35 heavy (non-hydrogen) atoms. The third-order valence-corrected chi connectivity index (χ3v) is 9.08. The fourth-order valence-corrected chi connectivity index (χ4v) is 7.02. The number of hydrogen-bond donors (Lipinski definition) is 3. The zero-order valence-corrected chi connectivity index (χ0v) is 20.0. The average Bonchev–Trinajstić information content (AvgIpc) is 3.56. The molecule has 0 unspecified atom stereocenters. The molecule has 1 spiro atoms. The highest BCUT2D eigenvalue weighted by atomic mass is 19.4. The highest BCUT2D eigenvalue weighted by molar-refractivity contribution is 6.07. The normalized spacial score (nSPS) is 35.9. The van der Waals surface area contributed by atoms with E-state index in [1.807, 2.05) is 13.8 Å². The number of piperidine rings is 1. The number of urea groups is 1. The van der Waals surface area contributed by atoms with Crippen LogP contribution in [0.25, 0.3) is 0 Å². The highest BCUT2D eigenvalue weighted by Gasteiger charge is 2.69. The molecule has 1 aromatic rings. The van der Waals surface area contributed by atoms with Crippen LogP contribution in [0.15, 0.2) is 18.2 Å². The van der Waals surface area contributed by atoms with Gasteiger partial charge in [-0.2, -0.15) is 13.2 Å². The van der Waals surface area contributed by atoms with Crippen molar-refractivity contribution in [1.29, 1.82) is 0 Å². The zero-order chi connectivity index (χ0) is 25.4. The number of phenols is 1. The lowest BCUT2D eigenvalue weighted by molar-refractivity contribution is -0.190. The third kappa shape index (κ3) is 3.71. The van der Waals surface area contributed by atoms with E-state index in [0.717, 1.165) is 24.9 Å². The number of alkyl halides is 3. The maximum absolute atomic E-state index is 13.5. The van der Waals surface area contributed by atoms with E-state index in [1.54, 1.807) is 12.1 Å². The minimum absolute atomic E-state index is 0.0193. The molecule has 10 heteroatoms. The molecule has 4 aliphatic rings. The number of aromatic hydroxyl groups is 1. The van der Waals surface area contributed by atoms with Crippen LogP contribution in [-0.4, -0.2) is 74.9 Å². The number of amides is 3. The number of rotatable bonds is 4. The van der Waals surface area contributed by atoms with E-state index in [2.05, 4.69) is 10.2 Å². The van der Waals surface area contributed by atoms with Crippen LogP contribution in [0.4, 0.5) is 18.0 Å². The molecule has 4 fully saturated rings. The highest BCUT2D eigenvalue weighted by Crippen LogP contribution is 2.59. The van der Waals surface area contributed by atoms with Crippen molar-refractivity contribution < 1.29 is 33.0 Å². The van der Waals surface area contributed by atoms with Crippen molar-refractivity contribution in [2.24, 2.45) is 5.92 Å². The number of hydrogen-bond acceptors (Lipinski definition) is 5. The summed E-state index contributed by atoms with van der Waals surface area (Å²) in [6, 6.07) is 3.44. The van der Waals surface area contributed by atoms with Gasteiger partial charge >= 0.3 is 12.2 Å². The number of nitrogens with zero attached hydrogens (tertiary/aromatic N) is 2. The molecule has 2 aliphatic heterocycles. The second-order valence-electron chi connectivity index (χ2n) is 11.0. The summed E-state index contributed by atoms with van der Waals surface area (Å²) in [6.45, 7) is 3.68. The number of nitrogens with one attached hydrogen (secondary N) is 1. The Labute approximate surface area is 202 Å². The first kappa shape index (κ1) is 24.4. The van der Waals surface area contributed by atoms with E-state index >= 15 is 0 Å². The number of aryl methyl sites for hydroxylation is 1.